The Hall–Kier alpha value is -0.590. The lowest BCUT2D eigenvalue weighted by molar-refractivity contribution is 0.00467. The van der Waals surface area contributed by atoms with Gasteiger partial charge in [-0.1, -0.05) is 0 Å². The molecule has 2 aliphatic rings. The van der Waals surface area contributed by atoms with E-state index in [0.717, 1.165) is 32.2 Å². The third kappa shape index (κ3) is 4.09. The molecule has 2 atom stereocenters. The summed E-state index contributed by atoms with van der Waals surface area (Å²) in [4.78, 5) is 15.8. The summed E-state index contributed by atoms with van der Waals surface area (Å²) in [5.74, 6) is 0. The van der Waals surface area contributed by atoms with E-state index in [4.69, 9.17) is 4.74 Å². The van der Waals surface area contributed by atoms with Gasteiger partial charge in [-0.25, -0.2) is 4.79 Å². The molecule has 0 saturated carbocycles. The summed E-state index contributed by atoms with van der Waals surface area (Å²) in [6.45, 7) is 6.69. The molecule has 2 bridgehead atoms. The van der Waals surface area contributed by atoms with Crippen LogP contribution < -0.4 is 5.32 Å². The van der Waals surface area contributed by atoms with Gasteiger partial charge >= 0.3 is 6.09 Å². The highest BCUT2D eigenvalue weighted by molar-refractivity contribution is 9.10. The lowest BCUT2D eigenvalue weighted by Gasteiger charge is -2.39. The normalized spacial score (nSPS) is 27.3. The third-order valence-electron chi connectivity index (χ3n) is 4.58. The molecule has 4 nitrogen and oxygen atoms in total. The van der Waals surface area contributed by atoms with Crippen molar-refractivity contribution in [2.75, 3.05) is 0 Å². The fraction of sp³-hybridized carbons (Fsp3) is 0.706. The first-order valence-corrected chi connectivity index (χ1v) is 9.97. The van der Waals surface area contributed by atoms with Crippen LogP contribution in [0.4, 0.5) is 4.79 Å². The van der Waals surface area contributed by atoms with Crippen LogP contribution in [0.3, 0.4) is 0 Å². The number of amides is 1. The zero-order valence-corrected chi connectivity index (χ0v) is 16.4. The highest BCUT2D eigenvalue weighted by Gasteiger charge is 2.44. The maximum Gasteiger partial charge on any atom is 0.410 e. The Bertz CT molecular complexity index is 555. The fourth-order valence-corrected chi connectivity index (χ4v) is 5.09. The van der Waals surface area contributed by atoms with Crippen molar-refractivity contribution in [3.8, 4) is 0 Å². The predicted molar refractivity (Wildman–Crippen MR) is 96.8 cm³/mol. The van der Waals surface area contributed by atoms with Gasteiger partial charge in [-0.05, 0) is 73.8 Å². The topological polar surface area (TPSA) is 41.6 Å². The first-order chi connectivity index (χ1) is 10.8. The second-order valence-corrected chi connectivity index (χ2v) is 9.37. The standard InChI is InChI=1S/C17H25BrN2O2S/c1-17(2,3)22-16(21)20-12-4-5-13(20)9-11(8-12)19-10-15-14(18)6-7-23-15/h6-7,11-13,19H,4-5,8-10H2,1-3H3. The lowest BCUT2D eigenvalue weighted by Crippen LogP contribution is -2.52. The average molecular weight is 401 g/mol. The molecule has 6 heteroatoms. The summed E-state index contributed by atoms with van der Waals surface area (Å²) in [5.41, 5.74) is -0.420. The number of halogens is 1. The number of nitrogens with zero attached hydrogens (tertiary/aromatic N) is 1. The molecule has 23 heavy (non-hydrogen) atoms. The molecule has 2 saturated heterocycles. The van der Waals surface area contributed by atoms with Crippen LogP contribution in [0.25, 0.3) is 0 Å². The van der Waals surface area contributed by atoms with Crippen LogP contribution in [-0.2, 0) is 11.3 Å². The number of thiophene rings is 1. The molecule has 0 radical (unpaired) electrons. The van der Waals surface area contributed by atoms with E-state index in [0.29, 0.717) is 18.1 Å². The Morgan fingerprint density at radius 3 is 2.57 bits per heavy atom. The predicted octanol–water partition coefficient (Wildman–Crippen LogP) is 4.53. The number of hydrogen-bond acceptors (Lipinski definition) is 4. The summed E-state index contributed by atoms with van der Waals surface area (Å²) >= 11 is 5.36. The van der Waals surface area contributed by atoms with Gasteiger partial charge in [0.2, 0.25) is 0 Å². The minimum atomic E-state index is -0.420. The van der Waals surface area contributed by atoms with Crippen LogP contribution in [0.5, 0.6) is 0 Å². The van der Waals surface area contributed by atoms with Gasteiger partial charge in [0.15, 0.2) is 0 Å². The molecule has 1 aromatic rings. The molecule has 2 fully saturated rings. The van der Waals surface area contributed by atoms with E-state index < -0.39 is 5.60 Å². The quantitative estimate of drug-likeness (QED) is 0.809. The maximum atomic E-state index is 12.4. The summed E-state index contributed by atoms with van der Waals surface area (Å²) in [5, 5.41) is 5.78. The minimum Gasteiger partial charge on any atom is -0.444 e. The summed E-state index contributed by atoms with van der Waals surface area (Å²) in [6, 6.07) is 3.23. The molecule has 1 aromatic heterocycles. The van der Waals surface area contributed by atoms with Gasteiger partial charge in [0.25, 0.3) is 0 Å². The van der Waals surface area contributed by atoms with Crippen molar-refractivity contribution >= 4 is 33.4 Å². The first kappa shape index (κ1) is 17.2. The van der Waals surface area contributed by atoms with Crippen LogP contribution in [0, 0.1) is 0 Å². The number of rotatable bonds is 3. The molecule has 1 N–H and O–H groups in total. The van der Waals surface area contributed by atoms with Crippen molar-refractivity contribution in [2.24, 2.45) is 0 Å². The molecule has 2 unspecified atom stereocenters. The van der Waals surface area contributed by atoms with Crippen molar-refractivity contribution in [3.63, 3.8) is 0 Å². The van der Waals surface area contributed by atoms with Crippen LogP contribution >= 0.6 is 27.3 Å². The molecular weight excluding hydrogens is 376 g/mol. The van der Waals surface area contributed by atoms with Crippen molar-refractivity contribution in [2.45, 2.75) is 76.7 Å². The van der Waals surface area contributed by atoms with E-state index >= 15 is 0 Å². The SMILES string of the molecule is CC(C)(C)OC(=O)N1C2CCC1CC(NCc1sccc1Br)C2. The Morgan fingerprint density at radius 2 is 2.04 bits per heavy atom. The molecule has 128 valence electrons. The van der Waals surface area contributed by atoms with Gasteiger partial charge < -0.3 is 15.0 Å². The van der Waals surface area contributed by atoms with Gasteiger partial charge in [0, 0.05) is 34.0 Å². The van der Waals surface area contributed by atoms with Crippen LogP contribution in [0.1, 0.15) is 51.3 Å². The molecule has 0 aromatic carbocycles. The monoisotopic (exact) mass is 400 g/mol. The summed E-state index contributed by atoms with van der Waals surface area (Å²) in [6.07, 6.45) is 4.12. The zero-order valence-electron chi connectivity index (χ0n) is 14.0. The zero-order chi connectivity index (χ0) is 16.6. The number of piperidine rings is 1. The number of carbonyl (C=O) groups is 1. The summed E-state index contributed by atoms with van der Waals surface area (Å²) in [7, 11) is 0. The highest BCUT2D eigenvalue weighted by atomic mass is 79.9. The highest BCUT2D eigenvalue weighted by Crippen LogP contribution is 2.37. The number of ether oxygens (including phenoxy) is 1. The van der Waals surface area contributed by atoms with Gasteiger partial charge in [-0.2, -0.15) is 0 Å². The van der Waals surface area contributed by atoms with Gasteiger partial charge in [0.05, 0.1) is 0 Å². The van der Waals surface area contributed by atoms with E-state index in [1.54, 1.807) is 11.3 Å². The van der Waals surface area contributed by atoms with E-state index in [1.165, 1.54) is 9.35 Å². The van der Waals surface area contributed by atoms with Crippen molar-refractivity contribution in [1.82, 2.24) is 10.2 Å². The molecule has 2 aliphatic heterocycles. The lowest BCUT2D eigenvalue weighted by atomic mass is 9.97. The number of nitrogens with one attached hydrogen (secondary N) is 1. The number of fused-ring (bicyclic) bond motifs is 2. The maximum absolute atomic E-state index is 12.4. The second-order valence-electron chi connectivity index (χ2n) is 7.51. The number of hydrogen-bond donors (Lipinski definition) is 1. The third-order valence-corrected chi connectivity index (χ3v) is 6.51. The Labute approximate surface area is 150 Å². The Balaban J connectivity index is 1.56. The fourth-order valence-electron chi connectivity index (χ4n) is 3.64. The van der Waals surface area contributed by atoms with Gasteiger partial charge in [-0.15, -0.1) is 11.3 Å². The molecule has 3 heterocycles. The first-order valence-electron chi connectivity index (χ1n) is 8.30. The summed E-state index contributed by atoms with van der Waals surface area (Å²) < 4.78 is 6.77. The van der Waals surface area contributed by atoms with E-state index in [9.17, 15) is 4.79 Å². The van der Waals surface area contributed by atoms with E-state index in [2.05, 4.69) is 32.7 Å². The van der Waals surface area contributed by atoms with Crippen LogP contribution in [-0.4, -0.2) is 34.7 Å². The Kier molecular flexibility index (Phi) is 5.04. The van der Waals surface area contributed by atoms with Gasteiger partial charge in [0.1, 0.15) is 5.60 Å². The molecule has 3 rings (SSSR count). The Morgan fingerprint density at radius 1 is 1.39 bits per heavy atom. The van der Waals surface area contributed by atoms with Crippen LogP contribution in [0.15, 0.2) is 15.9 Å². The van der Waals surface area contributed by atoms with Gasteiger partial charge in [-0.3, -0.25) is 0 Å². The molecular formula is C17H25BrN2O2S. The van der Waals surface area contributed by atoms with Crippen LogP contribution in [0.2, 0.25) is 0 Å². The van der Waals surface area contributed by atoms with Crippen molar-refractivity contribution < 1.29 is 9.53 Å². The smallest absolute Gasteiger partial charge is 0.410 e. The second kappa shape index (κ2) is 6.73. The minimum absolute atomic E-state index is 0.135. The van der Waals surface area contributed by atoms with E-state index in [1.807, 2.05) is 25.7 Å². The average Bonchev–Trinajstić information content (AvgIpc) is 2.96. The molecule has 0 aliphatic carbocycles. The molecule has 0 spiro atoms. The largest absolute Gasteiger partial charge is 0.444 e. The molecule has 1 amide bonds. The van der Waals surface area contributed by atoms with Crippen molar-refractivity contribution in [1.29, 1.82) is 0 Å². The van der Waals surface area contributed by atoms with Crippen molar-refractivity contribution in [3.05, 3.63) is 20.8 Å². The van der Waals surface area contributed by atoms with E-state index in [-0.39, 0.29) is 6.09 Å². The number of carbonyl (C=O) groups excluding carboxylic acids is 1.